The van der Waals surface area contributed by atoms with Gasteiger partial charge < -0.3 is 9.64 Å². The first kappa shape index (κ1) is 22.5. The molecule has 3 aromatic rings. The molecule has 3 nitrogen and oxygen atoms in total. The number of hydrogen-bond acceptors (Lipinski definition) is 4. The molecule has 1 aliphatic rings. The van der Waals surface area contributed by atoms with Crippen LogP contribution in [0.2, 0.25) is 10.0 Å². The van der Waals surface area contributed by atoms with Gasteiger partial charge in [0.25, 0.3) is 0 Å². The van der Waals surface area contributed by atoms with Gasteiger partial charge in [-0.2, -0.15) is 0 Å². The van der Waals surface area contributed by atoms with Gasteiger partial charge in [0, 0.05) is 11.1 Å². The molecule has 0 fully saturated rings. The Kier molecular flexibility index (Phi) is 6.83. The third kappa shape index (κ3) is 4.58. The van der Waals surface area contributed by atoms with Crippen LogP contribution in [-0.4, -0.2) is 43.7 Å². The van der Waals surface area contributed by atoms with E-state index in [-0.39, 0.29) is 11.3 Å². The van der Waals surface area contributed by atoms with Crippen LogP contribution in [0.3, 0.4) is 0 Å². The molecule has 0 bridgehead atoms. The van der Waals surface area contributed by atoms with E-state index in [0.29, 0.717) is 10.0 Å². The number of ether oxygens (including phenoxy) is 1. The highest BCUT2D eigenvalue weighted by Crippen LogP contribution is 2.50. The van der Waals surface area contributed by atoms with Crippen LogP contribution in [0.25, 0.3) is 10.8 Å². The van der Waals surface area contributed by atoms with E-state index < -0.39 is 0 Å². The normalized spacial score (nSPS) is 18.6. The van der Waals surface area contributed by atoms with Crippen LogP contribution in [0.1, 0.15) is 28.4 Å². The monoisotopic (exact) mass is 472 g/mol. The Balaban J connectivity index is 1.85. The largest absolute Gasteiger partial charge is 0.496 e. The second-order valence-corrected chi connectivity index (χ2v) is 10.1. The number of rotatable bonds is 6. The Hall–Kier alpha value is -1.72. The van der Waals surface area contributed by atoms with Crippen LogP contribution in [0.5, 0.6) is 5.75 Å². The molecule has 31 heavy (non-hydrogen) atoms. The van der Waals surface area contributed by atoms with Crippen molar-refractivity contribution in [1.82, 2.24) is 4.90 Å². The Morgan fingerprint density at radius 1 is 1.06 bits per heavy atom. The first-order chi connectivity index (χ1) is 14.9. The summed E-state index contributed by atoms with van der Waals surface area (Å²) in [6, 6.07) is 16.5. The number of aliphatic imine (C=N–C) groups is 1. The van der Waals surface area contributed by atoms with Crippen molar-refractivity contribution in [3.05, 3.63) is 75.3 Å². The maximum atomic E-state index is 6.54. The summed E-state index contributed by atoms with van der Waals surface area (Å²) in [5.41, 5.74) is 3.24. The van der Waals surface area contributed by atoms with Crippen LogP contribution in [0.15, 0.2) is 53.5 Å². The summed E-state index contributed by atoms with van der Waals surface area (Å²) >= 11 is 14.8. The Morgan fingerprint density at radius 2 is 1.77 bits per heavy atom. The molecule has 0 aromatic heterocycles. The highest BCUT2D eigenvalue weighted by atomic mass is 35.5. The molecule has 1 heterocycles. The van der Waals surface area contributed by atoms with Crippen molar-refractivity contribution < 1.29 is 4.74 Å². The quantitative estimate of drug-likeness (QED) is 0.385. The van der Waals surface area contributed by atoms with Crippen LogP contribution < -0.4 is 4.74 Å². The van der Waals surface area contributed by atoms with Crippen LogP contribution in [0.4, 0.5) is 0 Å². The Bertz CT molecular complexity index is 1130. The van der Waals surface area contributed by atoms with Gasteiger partial charge in [0.2, 0.25) is 0 Å². The van der Waals surface area contributed by atoms with Gasteiger partial charge in [-0.05, 0) is 63.0 Å². The van der Waals surface area contributed by atoms with Gasteiger partial charge in [0.15, 0.2) is 0 Å². The molecule has 0 saturated carbocycles. The zero-order chi connectivity index (χ0) is 22.1. The average molecular weight is 473 g/mol. The molecule has 0 radical (unpaired) electrons. The molecule has 0 saturated heterocycles. The first-order valence-corrected chi connectivity index (χ1v) is 11.9. The van der Waals surface area contributed by atoms with Crippen molar-refractivity contribution in [2.45, 2.75) is 24.6 Å². The Morgan fingerprint density at radius 3 is 2.45 bits per heavy atom. The predicted octanol–water partition coefficient (Wildman–Crippen LogP) is 7.02. The lowest BCUT2D eigenvalue weighted by atomic mass is 9.95. The summed E-state index contributed by atoms with van der Waals surface area (Å²) in [6.45, 7) is 3.07. The number of nitrogens with zero attached hydrogens (tertiary/aromatic N) is 2. The van der Waals surface area contributed by atoms with Gasteiger partial charge >= 0.3 is 0 Å². The molecule has 0 spiro atoms. The number of benzene rings is 3. The number of methoxy groups -OCH3 is 1. The number of aryl methyl sites for hydroxylation is 1. The van der Waals surface area contributed by atoms with Crippen LogP contribution >= 0.6 is 35.0 Å². The fourth-order valence-corrected chi connectivity index (χ4v) is 6.22. The molecule has 0 N–H and O–H groups in total. The molecule has 0 amide bonds. The first-order valence-electron chi connectivity index (χ1n) is 10.3. The second kappa shape index (κ2) is 9.41. The van der Waals surface area contributed by atoms with Gasteiger partial charge in [-0.1, -0.05) is 70.9 Å². The smallest absolute Gasteiger partial charge is 0.123 e. The van der Waals surface area contributed by atoms with Crippen molar-refractivity contribution in [2.75, 3.05) is 27.7 Å². The summed E-state index contributed by atoms with van der Waals surface area (Å²) in [5.74, 6) is 0.896. The van der Waals surface area contributed by atoms with E-state index in [1.54, 1.807) is 18.9 Å². The molecule has 2 atom stereocenters. The van der Waals surface area contributed by atoms with E-state index in [4.69, 9.17) is 32.9 Å². The molecule has 2 unspecified atom stereocenters. The summed E-state index contributed by atoms with van der Waals surface area (Å²) in [6.07, 6.45) is 0.932. The number of halogens is 2. The van der Waals surface area contributed by atoms with Crippen molar-refractivity contribution in [2.24, 2.45) is 4.99 Å². The molecule has 1 aliphatic heterocycles. The molecule has 162 valence electrons. The second-order valence-electron chi connectivity index (χ2n) is 8.13. The maximum Gasteiger partial charge on any atom is 0.123 e. The van der Waals surface area contributed by atoms with Crippen LogP contribution in [-0.2, 0) is 0 Å². The highest BCUT2D eigenvalue weighted by molar-refractivity contribution is 8.15. The number of fused-ring (bicyclic) bond motifs is 1. The third-order valence-electron chi connectivity index (χ3n) is 5.60. The van der Waals surface area contributed by atoms with E-state index in [1.807, 2.05) is 18.2 Å². The lowest BCUT2D eigenvalue weighted by molar-refractivity contribution is 0.376. The fourth-order valence-electron chi connectivity index (χ4n) is 4.04. The minimum absolute atomic E-state index is 0.0924. The zero-order valence-corrected chi connectivity index (χ0v) is 20.5. The van der Waals surface area contributed by atoms with E-state index >= 15 is 0 Å². The summed E-state index contributed by atoms with van der Waals surface area (Å²) in [4.78, 5) is 7.34. The molecule has 6 heteroatoms. The van der Waals surface area contributed by atoms with Crippen molar-refractivity contribution >= 4 is 50.8 Å². The summed E-state index contributed by atoms with van der Waals surface area (Å²) < 4.78 is 5.84. The highest BCUT2D eigenvalue weighted by Gasteiger charge is 2.36. The third-order valence-corrected chi connectivity index (χ3v) is 7.57. The molecule has 0 aliphatic carbocycles. The minimum Gasteiger partial charge on any atom is -0.496 e. The van der Waals surface area contributed by atoms with E-state index in [2.05, 4.69) is 56.3 Å². The van der Waals surface area contributed by atoms with Gasteiger partial charge in [-0.15, -0.1) is 0 Å². The SMILES string of the molecule is COc1ccc2ccc(C)cc2c1C1SC(c2c(Cl)cccc2Cl)=NC1CCN(C)C. The van der Waals surface area contributed by atoms with Gasteiger partial charge in [0.1, 0.15) is 10.8 Å². The lowest BCUT2D eigenvalue weighted by Crippen LogP contribution is -2.20. The lowest BCUT2D eigenvalue weighted by Gasteiger charge is -2.23. The van der Waals surface area contributed by atoms with Crippen molar-refractivity contribution in [3.8, 4) is 5.75 Å². The number of hydrogen-bond donors (Lipinski definition) is 0. The summed E-state index contributed by atoms with van der Waals surface area (Å²) in [5, 5.41) is 4.70. The average Bonchev–Trinajstić information content (AvgIpc) is 3.14. The standard InChI is InChI=1S/C25H26Cl2N2OS/c1-15-8-9-16-10-11-21(30-4)22(17(16)14-15)24-20(12-13-29(2)3)28-25(31-24)23-18(26)6-5-7-19(23)27/h5-11,14,20,24H,12-13H2,1-4H3. The number of thioether (sulfide) groups is 1. The van der Waals surface area contributed by atoms with Crippen molar-refractivity contribution in [3.63, 3.8) is 0 Å². The van der Waals surface area contributed by atoms with E-state index in [0.717, 1.165) is 29.3 Å². The van der Waals surface area contributed by atoms with Crippen LogP contribution in [0, 0.1) is 6.92 Å². The maximum absolute atomic E-state index is 6.54. The van der Waals surface area contributed by atoms with Gasteiger partial charge in [-0.3, -0.25) is 4.99 Å². The molecular weight excluding hydrogens is 447 g/mol. The minimum atomic E-state index is 0.0924. The van der Waals surface area contributed by atoms with E-state index in [1.165, 1.54) is 21.9 Å². The van der Waals surface area contributed by atoms with Gasteiger partial charge in [0.05, 0.1) is 28.4 Å². The van der Waals surface area contributed by atoms with Crippen molar-refractivity contribution in [1.29, 1.82) is 0 Å². The van der Waals surface area contributed by atoms with Gasteiger partial charge in [-0.25, -0.2) is 0 Å². The topological polar surface area (TPSA) is 24.8 Å². The zero-order valence-electron chi connectivity index (χ0n) is 18.2. The molecule has 4 rings (SSSR count). The predicted molar refractivity (Wildman–Crippen MR) is 136 cm³/mol. The van der Waals surface area contributed by atoms with E-state index in [9.17, 15) is 0 Å². The molecule has 3 aromatic carbocycles. The molecular formula is C25H26Cl2N2OS. The summed E-state index contributed by atoms with van der Waals surface area (Å²) in [7, 11) is 5.92. The fraction of sp³-hybridized carbons (Fsp3) is 0.320. The Labute approximate surface area is 198 Å².